The minimum atomic E-state index is -0.163. The van der Waals surface area contributed by atoms with Gasteiger partial charge in [0.2, 0.25) is 0 Å². The molecule has 0 amide bonds. The van der Waals surface area contributed by atoms with E-state index in [1.54, 1.807) is 17.7 Å². The lowest BCUT2D eigenvalue weighted by molar-refractivity contribution is 0.183. The Hall–Kier alpha value is -1.63. The van der Waals surface area contributed by atoms with Crippen molar-refractivity contribution in [3.8, 4) is 11.1 Å². The lowest BCUT2D eigenvalue weighted by atomic mass is 9.69. The van der Waals surface area contributed by atoms with Gasteiger partial charge in [-0.25, -0.2) is 4.39 Å². The van der Waals surface area contributed by atoms with Crippen molar-refractivity contribution in [1.29, 1.82) is 0 Å². The third kappa shape index (κ3) is 4.45. The monoisotopic (exact) mass is 364 g/mol. The number of unbranched alkanes of at least 4 members (excludes halogenated alkanes) is 1. The highest BCUT2D eigenvalue weighted by Gasteiger charge is 2.30. The van der Waals surface area contributed by atoms with Crippen LogP contribution in [0.25, 0.3) is 11.1 Å². The van der Waals surface area contributed by atoms with Gasteiger partial charge >= 0.3 is 0 Å². The number of fused-ring (bicyclic) bond motifs is 1. The minimum Gasteiger partial charge on any atom is -0.207 e. The Bertz CT molecular complexity index is 737. The predicted octanol–water partition coefficient (Wildman–Crippen LogP) is 7.59. The van der Waals surface area contributed by atoms with E-state index in [1.165, 1.54) is 75.3 Å². The Balaban J connectivity index is 1.38. The van der Waals surface area contributed by atoms with Crippen LogP contribution < -0.4 is 0 Å². The Kier molecular flexibility index (Phi) is 5.95. The molecule has 1 unspecified atom stereocenters. The van der Waals surface area contributed by atoms with Gasteiger partial charge in [0, 0.05) is 0 Å². The van der Waals surface area contributed by atoms with Gasteiger partial charge < -0.3 is 0 Å². The van der Waals surface area contributed by atoms with Gasteiger partial charge in [0.05, 0.1) is 0 Å². The fourth-order valence-electron chi connectivity index (χ4n) is 5.45. The van der Waals surface area contributed by atoms with Crippen molar-refractivity contribution < 1.29 is 4.39 Å². The molecule has 27 heavy (non-hydrogen) atoms. The number of rotatable bonds is 5. The second-order valence-electron chi connectivity index (χ2n) is 8.92. The Morgan fingerprint density at radius 3 is 2.30 bits per heavy atom. The summed E-state index contributed by atoms with van der Waals surface area (Å²) in [6.07, 6.45) is 13.9. The van der Waals surface area contributed by atoms with Crippen LogP contribution in [0.3, 0.4) is 0 Å². The maximum Gasteiger partial charge on any atom is 0.123 e. The quantitative estimate of drug-likeness (QED) is 0.512. The lowest BCUT2D eigenvalue weighted by Gasteiger charge is -2.36. The van der Waals surface area contributed by atoms with Crippen molar-refractivity contribution in [2.24, 2.45) is 17.8 Å². The molecule has 2 aromatic carbocycles. The molecule has 0 bridgehead atoms. The van der Waals surface area contributed by atoms with Gasteiger partial charge in [0.15, 0.2) is 0 Å². The molecule has 4 rings (SSSR count). The molecule has 2 aromatic rings. The van der Waals surface area contributed by atoms with Gasteiger partial charge in [-0.1, -0.05) is 69.4 Å². The summed E-state index contributed by atoms with van der Waals surface area (Å²) in [6, 6.07) is 13.8. The fourth-order valence-corrected chi connectivity index (χ4v) is 5.45. The Morgan fingerprint density at radius 1 is 0.815 bits per heavy atom. The maximum absolute atomic E-state index is 13.2. The molecule has 0 saturated heterocycles. The summed E-state index contributed by atoms with van der Waals surface area (Å²) < 4.78 is 13.2. The topological polar surface area (TPSA) is 0 Å². The molecule has 2 aliphatic rings. The molecule has 0 spiro atoms. The van der Waals surface area contributed by atoms with Crippen LogP contribution in [0, 0.1) is 23.6 Å². The first-order valence-corrected chi connectivity index (χ1v) is 11.1. The van der Waals surface area contributed by atoms with Gasteiger partial charge in [-0.3, -0.25) is 0 Å². The van der Waals surface area contributed by atoms with Crippen molar-refractivity contribution >= 4 is 0 Å². The zero-order valence-electron chi connectivity index (χ0n) is 16.7. The molecule has 1 fully saturated rings. The van der Waals surface area contributed by atoms with Crippen LogP contribution in [-0.4, -0.2) is 0 Å². The Labute approximate surface area is 164 Å². The molecule has 0 nitrogen and oxygen atoms in total. The normalized spacial score (nSPS) is 25.2. The van der Waals surface area contributed by atoms with Crippen molar-refractivity contribution in [3.63, 3.8) is 0 Å². The minimum absolute atomic E-state index is 0.163. The fraction of sp³-hybridized carbons (Fsp3) is 0.538. The van der Waals surface area contributed by atoms with Crippen molar-refractivity contribution in [3.05, 3.63) is 59.4 Å². The van der Waals surface area contributed by atoms with Crippen LogP contribution in [0.4, 0.5) is 4.39 Å². The molecule has 1 saturated carbocycles. The summed E-state index contributed by atoms with van der Waals surface area (Å²) in [5.74, 6) is 2.69. The molecular formula is C26H33F. The van der Waals surface area contributed by atoms with E-state index in [2.05, 4.69) is 25.1 Å². The van der Waals surface area contributed by atoms with E-state index in [0.29, 0.717) is 0 Å². The highest BCUT2D eigenvalue weighted by Crippen LogP contribution is 2.41. The van der Waals surface area contributed by atoms with Crippen LogP contribution in [0.15, 0.2) is 42.5 Å². The molecule has 2 aliphatic carbocycles. The predicted molar refractivity (Wildman–Crippen MR) is 112 cm³/mol. The molecular weight excluding hydrogens is 331 g/mol. The van der Waals surface area contributed by atoms with E-state index < -0.39 is 0 Å². The summed E-state index contributed by atoms with van der Waals surface area (Å²) in [6.45, 7) is 2.31. The van der Waals surface area contributed by atoms with Crippen molar-refractivity contribution in [1.82, 2.24) is 0 Å². The molecule has 144 valence electrons. The number of hydrogen-bond donors (Lipinski definition) is 0. The summed E-state index contributed by atoms with van der Waals surface area (Å²) in [5, 5.41) is 0. The highest BCUT2D eigenvalue weighted by atomic mass is 19.1. The average Bonchev–Trinajstić information content (AvgIpc) is 2.72. The summed E-state index contributed by atoms with van der Waals surface area (Å²) >= 11 is 0. The van der Waals surface area contributed by atoms with Crippen LogP contribution >= 0.6 is 0 Å². The van der Waals surface area contributed by atoms with Crippen LogP contribution in [-0.2, 0) is 12.8 Å². The number of benzene rings is 2. The van der Waals surface area contributed by atoms with E-state index >= 15 is 0 Å². The maximum atomic E-state index is 13.2. The van der Waals surface area contributed by atoms with E-state index in [-0.39, 0.29) is 5.82 Å². The molecule has 0 aromatic heterocycles. The van der Waals surface area contributed by atoms with Crippen LogP contribution in [0.5, 0.6) is 0 Å². The first kappa shape index (κ1) is 18.7. The SMILES string of the molecule is CCCCC1CCC(C2CCc3cc(-c4ccc(F)cc4)ccc3C2)CC1. The van der Waals surface area contributed by atoms with Gasteiger partial charge in [-0.05, 0) is 84.2 Å². The second kappa shape index (κ2) is 8.59. The zero-order chi connectivity index (χ0) is 18.6. The molecule has 1 heteroatoms. The summed E-state index contributed by atoms with van der Waals surface area (Å²) in [4.78, 5) is 0. The standard InChI is InChI=1S/C26H33F/c1-2-3-4-19-5-7-20(8-6-19)22-9-11-25-18-23(10-12-24(25)17-22)21-13-15-26(27)16-14-21/h10,12-16,18-20,22H,2-9,11,17H2,1H3. The average molecular weight is 365 g/mol. The van der Waals surface area contributed by atoms with E-state index in [0.717, 1.165) is 23.3 Å². The van der Waals surface area contributed by atoms with E-state index in [9.17, 15) is 4.39 Å². The first-order valence-electron chi connectivity index (χ1n) is 11.1. The lowest BCUT2D eigenvalue weighted by Crippen LogP contribution is -2.26. The van der Waals surface area contributed by atoms with Crippen molar-refractivity contribution in [2.45, 2.75) is 71.1 Å². The number of aryl methyl sites for hydroxylation is 1. The molecule has 0 heterocycles. The van der Waals surface area contributed by atoms with E-state index in [1.807, 2.05) is 12.1 Å². The smallest absolute Gasteiger partial charge is 0.123 e. The third-order valence-corrected chi connectivity index (χ3v) is 7.17. The molecule has 1 atom stereocenters. The van der Waals surface area contributed by atoms with Gasteiger partial charge in [-0.2, -0.15) is 0 Å². The first-order chi connectivity index (χ1) is 13.2. The second-order valence-corrected chi connectivity index (χ2v) is 8.92. The number of halogens is 1. The summed E-state index contributed by atoms with van der Waals surface area (Å²) in [7, 11) is 0. The largest absolute Gasteiger partial charge is 0.207 e. The Morgan fingerprint density at radius 2 is 1.56 bits per heavy atom. The van der Waals surface area contributed by atoms with Crippen LogP contribution in [0.2, 0.25) is 0 Å². The third-order valence-electron chi connectivity index (χ3n) is 7.17. The van der Waals surface area contributed by atoms with Crippen molar-refractivity contribution in [2.75, 3.05) is 0 Å². The molecule has 0 N–H and O–H groups in total. The van der Waals surface area contributed by atoms with Gasteiger partial charge in [0.25, 0.3) is 0 Å². The van der Waals surface area contributed by atoms with Gasteiger partial charge in [-0.15, -0.1) is 0 Å². The van der Waals surface area contributed by atoms with Crippen LogP contribution in [0.1, 0.15) is 69.4 Å². The molecule has 0 radical (unpaired) electrons. The molecule has 0 aliphatic heterocycles. The van der Waals surface area contributed by atoms with Gasteiger partial charge in [0.1, 0.15) is 5.82 Å². The van der Waals surface area contributed by atoms with E-state index in [4.69, 9.17) is 0 Å². The summed E-state index contributed by atoms with van der Waals surface area (Å²) in [5.41, 5.74) is 5.42. The highest BCUT2D eigenvalue weighted by molar-refractivity contribution is 5.65. The zero-order valence-corrected chi connectivity index (χ0v) is 16.7. The number of hydrogen-bond acceptors (Lipinski definition) is 0.